The van der Waals surface area contributed by atoms with Gasteiger partial charge in [-0.1, -0.05) is 12.1 Å². The van der Waals surface area contributed by atoms with E-state index in [1.165, 1.54) is 0 Å². The van der Waals surface area contributed by atoms with E-state index < -0.39 is 0 Å². The molecule has 0 amide bonds. The Hall–Kier alpha value is -1.35. The number of nitrogens with two attached hydrogens (primary N) is 1. The van der Waals surface area contributed by atoms with Gasteiger partial charge in [0.2, 0.25) is 0 Å². The fraction of sp³-hybridized carbons (Fsp3) is 0.462. The van der Waals surface area contributed by atoms with Crippen LogP contribution in [0.25, 0.3) is 0 Å². The maximum absolute atomic E-state index is 11.4. The Kier molecular flexibility index (Phi) is 4.99. The molecule has 16 heavy (non-hydrogen) atoms. The maximum atomic E-state index is 11.4. The molecule has 0 radical (unpaired) electrons. The summed E-state index contributed by atoms with van der Waals surface area (Å²) in [5, 5.41) is 0. The van der Waals surface area contributed by atoms with Crippen molar-refractivity contribution >= 4 is 5.78 Å². The predicted octanol–water partition coefficient (Wildman–Crippen LogP) is 1.93. The Morgan fingerprint density at radius 3 is 2.50 bits per heavy atom. The van der Waals surface area contributed by atoms with Gasteiger partial charge in [0, 0.05) is 18.9 Å². The van der Waals surface area contributed by atoms with Crippen molar-refractivity contribution in [2.45, 2.75) is 32.2 Å². The molecule has 0 saturated carbocycles. The van der Waals surface area contributed by atoms with Crippen LogP contribution < -0.4 is 10.5 Å². The molecule has 0 fully saturated rings. The van der Waals surface area contributed by atoms with Crippen LogP contribution in [0.5, 0.6) is 5.75 Å². The first kappa shape index (κ1) is 12.7. The molecule has 0 aliphatic rings. The minimum absolute atomic E-state index is 0.0385. The van der Waals surface area contributed by atoms with Crippen LogP contribution in [0, 0.1) is 0 Å². The van der Waals surface area contributed by atoms with E-state index in [1.54, 1.807) is 7.11 Å². The number of hydrogen-bond acceptors (Lipinski definition) is 3. The average molecular weight is 221 g/mol. The number of benzene rings is 1. The zero-order valence-corrected chi connectivity index (χ0v) is 9.90. The van der Waals surface area contributed by atoms with E-state index in [2.05, 4.69) is 0 Å². The van der Waals surface area contributed by atoms with Crippen molar-refractivity contribution in [1.29, 1.82) is 0 Å². The summed E-state index contributed by atoms with van der Waals surface area (Å²) in [7, 11) is 1.64. The molecule has 0 aromatic heterocycles. The van der Waals surface area contributed by atoms with Gasteiger partial charge in [-0.2, -0.15) is 0 Å². The van der Waals surface area contributed by atoms with Gasteiger partial charge in [-0.3, -0.25) is 4.79 Å². The minimum atomic E-state index is -0.0385. The monoisotopic (exact) mass is 221 g/mol. The summed E-state index contributed by atoms with van der Waals surface area (Å²) in [6.45, 7) is 1.85. The molecule has 1 atom stereocenters. The van der Waals surface area contributed by atoms with E-state index in [-0.39, 0.29) is 11.8 Å². The molecular weight excluding hydrogens is 202 g/mol. The van der Waals surface area contributed by atoms with Gasteiger partial charge in [-0.15, -0.1) is 0 Å². The molecule has 0 spiro atoms. The second-order valence-corrected chi connectivity index (χ2v) is 4.07. The fourth-order valence-corrected chi connectivity index (χ4v) is 1.54. The summed E-state index contributed by atoms with van der Waals surface area (Å²) in [5.74, 6) is 1.07. The molecular formula is C13H19NO2. The Morgan fingerprint density at radius 2 is 2.00 bits per heavy atom. The summed E-state index contributed by atoms with van der Waals surface area (Å²) < 4.78 is 5.06. The number of carbonyl (C=O) groups excluding carboxylic acids is 1. The molecule has 1 unspecified atom stereocenters. The van der Waals surface area contributed by atoms with Crippen LogP contribution in [0.1, 0.15) is 25.3 Å². The van der Waals surface area contributed by atoms with E-state index in [9.17, 15) is 4.79 Å². The highest BCUT2D eigenvalue weighted by Gasteiger charge is 2.05. The fourth-order valence-electron chi connectivity index (χ4n) is 1.54. The zero-order chi connectivity index (χ0) is 12.0. The molecule has 0 heterocycles. The SMILES string of the molecule is COc1ccc(CCC(=O)CC(C)N)cc1. The van der Waals surface area contributed by atoms with Crippen LogP contribution in [0.3, 0.4) is 0 Å². The first-order chi connectivity index (χ1) is 7.61. The van der Waals surface area contributed by atoms with Crippen LogP contribution in [-0.4, -0.2) is 18.9 Å². The van der Waals surface area contributed by atoms with Crippen LogP contribution in [0.2, 0.25) is 0 Å². The van der Waals surface area contributed by atoms with E-state index in [1.807, 2.05) is 31.2 Å². The molecule has 3 nitrogen and oxygen atoms in total. The summed E-state index contributed by atoms with van der Waals surface area (Å²) in [4.78, 5) is 11.4. The van der Waals surface area contributed by atoms with Crippen molar-refractivity contribution in [2.24, 2.45) is 5.73 Å². The average Bonchev–Trinajstić information content (AvgIpc) is 2.26. The van der Waals surface area contributed by atoms with Crippen molar-refractivity contribution in [1.82, 2.24) is 0 Å². The number of carbonyl (C=O) groups is 1. The van der Waals surface area contributed by atoms with Crippen molar-refractivity contribution < 1.29 is 9.53 Å². The van der Waals surface area contributed by atoms with Gasteiger partial charge in [0.05, 0.1) is 7.11 Å². The Balaban J connectivity index is 2.39. The molecule has 2 N–H and O–H groups in total. The molecule has 1 aromatic carbocycles. The maximum Gasteiger partial charge on any atom is 0.134 e. The predicted molar refractivity (Wildman–Crippen MR) is 64.6 cm³/mol. The van der Waals surface area contributed by atoms with Gasteiger partial charge in [-0.25, -0.2) is 0 Å². The Bertz CT molecular complexity index is 330. The smallest absolute Gasteiger partial charge is 0.134 e. The normalized spacial score (nSPS) is 12.2. The van der Waals surface area contributed by atoms with Gasteiger partial charge in [0.25, 0.3) is 0 Å². The number of Topliss-reactive ketones (excluding diaryl/α,β-unsaturated/α-hetero) is 1. The second-order valence-electron chi connectivity index (χ2n) is 4.07. The van der Waals surface area contributed by atoms with Crippen molar-refractivity contribution in [2.75, 3.05) is 7.11 Å². The minimum Gasteiger partial charge on any atom is -0.497 e. The first-order valence-corrected chi connectivity index (χ1v) is 5.52. The molecule has 88 valence electrons. The largest absolute Gasteiger partial charge is 0.497 e. The first-order valence-electron chi connectivity index (χ1n) is 5.52. The quantitative estimate of drug-likeness (QED) is 0.798. The lowest BCUT2D eigenvalue weighted by Crippen LogP contribution is -2.19. The molecule has 3 heteroatoms. The van der Waals surface area contributed by atoms with Gasteiger partial charge in [-0.05, 0) is 31.0 Å². The summed E-state index contributed by atoms with van der Waals surface area (Å²) in [5.41, 5.74) is 6.71. The van der Waals surface area contributed by atoms with Gasteiger partial charge >= 0.3 is 0 Å². The molecule has 0 bridgehead atoms. The lowest BCUT2D eigenvalue weighted by Gasteiger charge is -2.05. The van der Waals surface area contributed by atoms with Crippen LogP contribution >= 0.6 is 0 Å². The third kappa shape index (κ3) is 4.45. The number of methoxy groups -OCH3 is 1. The van der Waals surface area contributed by atoms with Crippen molar-refractivity contribution in [3.8, 4) is 5.75 Å². The number of ether oxygens (including phenoxy) is 1. The zero-order valence-electron chi connectivity index (χ0n) is 9.90. The molecule has 0 aliphatic carbocycles. The Morgan fingerprint density at radius 1 is 1.38 bits per heavy atom. The van der Waals surface area contributed by atoms with Gasteiger partial charge in [0.15, 0.2) is 0 Å². The van der Waals surface area contributed by atoms with Gasteiger partial charge < -0.3 is 10.5 Å². The standard InChI is InChI=1S/C13H19NO2/c1-10(14)9-12(15)6-3-11-4-7-13(16-2)8-5-11/h4-5,7-8,10H,3,6,9,14H2,1-2H3. The topological polar surface area (TPSA) is 52.3 Å². The number of aryl methyl sites for hydroxylation is 1. The lowest BCUT2D eigenvalue weighted by molar-refractivity contribution is -0.119. The van der Waals surface area contributed by atoms with Crippen molar-refractivity contribution in [3.05, 3.63) is 29.8 Å². The van der Waals surface area contributed by atoms with Gasteiger partial charge in [0.1, 0.15) is 11.5 Å². The lowest BCUT2D eigenvalue weighted by atomic mass is 10.0. The third-order valence-electron chi connectivity index (χ3n) is 2.40. The van der Waals surface area contributed by atoms with Crippen molar-refractivity contribution in [3.63, 3.8) is 0 Å². The van der Waals surface area contributed by atoms with E-state index >= 15 is 0 Å². The highest BCUT2D eigenvalue weighted by Crippen LogP contribution is 2.13. The highest BCUT2D eigenvalue weighted by atomic mass is 16.5. The molecule has 1 aromatic rings. The van der Waals surface area contributed by atoms with E-state index in [4.69, 9.17) is 10.5 Å². The summed E-state index contributed by atoms with van der Waals surface area (Å²) in [6.07, 6.45) is 1.81. The number of hydrogen-bond donors (Lipinski definition) is 1. The summed E-state index contributed by atoms with van der Waals surface area (Å²) in [6, 6.07) is 7.75. The van der Waals surface area contributed by atoms with Crippen LogP contribution in [0.4, 0.5) is 0 Å². The van der Waals surface area contributed by atoms with Crippen LogP contribution in [-0.2, 0) is 11.2 Å². The second kappa shape index (κ2) is 6.28. The third-order valence-corrected chi connectivity index (χ3v) is 2.40. The highest BCUT2D eigenvalue weighted by molar-refractivity contribution is 5.79. The molecule has 0 aliphatic heterocycles. The molecule has 0 saturated heterocycles. The van der Waals surface area contributed by atoms with E-state index in [0.717, 1.165) is 17.7 Å². The Labute approximate surface area is 96.6 Å². The summed E-state index contributed by atoms with van der Waals surface area (Å²) >= 11 is 0. The van der Waals surface area contributed by atoms with Crippen LogP contribution in [0.15, 0.2) is 24.3 Å². The van der Waals surface area contributed by atoms with E-state index in [0.29, 0.717) is 12.8 Å². The number of ketones is 1. The molecule has 1 rings (SSSR count). The number of rotatable bonds is 6.